The molecule has 0 saturated carbocycles. The van der Waals surface area contributed by atoms with Gasteiger partial charge < -0.3 is 14.6 Å². The summed E-state index contributed by atoms with van der Waals surface area (Å²) in [5.74, 6) is 0.709. The molecule has 0 spiro atoms. The molecule has 7 heteroatoms. The van der Waals surface area contributed by atoms with Gasteiger partial charge in [-0.3, -0.25) is 9.69 Å². The second-order valence-corrected chi connectivity index (χ2v) is 4.36. The van der Waals surface area contributed by atoms with Gasteiger partial charge in [-0.1, -0.05) is 5.16 Å². The Bertz CT molecular complexity index is 471. The van der Waals surface area contributed by atoms with Crippen molar-refractivity contribution in [2.24, 2.45) is 0 Å². The van der Waals surface area contributed by atoms with E-state index in [2.05, 4.69) is 10.5 Å². The molecule has 1 aliphatic heterocycles. The molecule has 1 aliphatic rings. The first-order chi connectivity index (χ1) is 9.11. The molecule has 1 fully saturated rings. The largest absolute Gasteiger partial charge is 0.450 e. The molecule has 104 valence electrons. The van der Waals surface area contributed by atoms with Crippen LogP contribution in [-0.2, 0) is 9.53 Å². The number of anilines is 1. The van der Waals surface area contributed by atoms with Gasteiger partial charge in [-0.05, 0) is 26.7 Å². The quantitative estimate of drug-likeness (QED) is 0.898. The molecule has 2 heterocycles. The van der Waals surface area contributed by atoms with Crippen LogP contribution in [0.5, 0.6) is 0 Å². The lowest BCUT2D eigenvalue weighted by Gasteiger charge is -2.22. The van der Waals surface area contributed by atoms with Crippen molar-refractivity contribution in [3.05, 3.63) is 11.8 Å². The van der Waals surface area contributed by atoms with Gasteiger partial charge in [0.05, 0.1) is 6.61 Å². The third-order valence-corrected chi connectivity index (χ3v) is 2.94. The van der Waals surface area contributed by atoms with Crippen LogP contribution in [0.2, 0.25) is 0 Å². The van der Waals surface area contributed by atoms with Crippen molar-refractivity contribution in [2.45, 2.75) is 32.7 Å². The Morgan fingerprint density at radius 2 is 2.42 bits per heavy atom. The molecule has 1 saturated heterocycles. The number of ether oxygens (including phenoxy) is 1. The second-order valence-electron chi connectivity index (χ2n) is 4.36. The van der Waals surface area contributed by atoms with E-state index in [1.54, 1.807) is 19.9 Å². The molecule has 1 aromatic heterocycles. The summed E-state index contributed by atoms with van der Waals surface area (Å²) >= 11 is 0. The van der Waals surface area contributed by atoms with Crippen molar-refractivity contribution in [1.82, 2.24) is 10.1 Å². The lowest BCUT2D eigenvalue weighted by Crippen LogP contribution is -2.43. The molecule has 0 radical (unpaired) electrons. The van der Waals surface area contributed by atoms with Crippen LogP contribution >= 0.6 is 0 Å². The van der Waals surface area contributed by atoms with Crippen LogP contribution in [-0.4, -0.2) is 41.3 Å². The summed E-state index contributed by atoms with van der Waals surface area (Å²) in [5, 5.41) is 6.33. The highest BCUT2D eigenvalue weighted by atomic mass is 16.6. The number of rotatable bonds is 3. The van der Waals surface area contributed by atoms with E-state index in [1.165, 1.54) is 4.90 Å². The Labute approximate surface area is 110 Å². The zero-order valence-electron chi connectivity index (χ0n) is 11.0. The van der Waals surface area contributed by atoms with Gasteiger partial charge in [0.25, 0.3) is 0 Å². The summed E-state index contributed by atoms with van der Waals surface area (Å²) in [4.78, 5) is 25.3. The SMILES string of the molecule is CCOC(=O)N1CCC[C@H]1C(=O)Nc1cc(C)on1. The number of amides is 2. The van der Waals surface area contributed by atoms with Crippen LogP contribution in [0.3, 0.4) is 0 Å². The van der Waals surface area contributed by atoms with Crippen LogP contribution in [0.1, 0.15) is 25.5 Å². The highest BCUT2D eigenvalue weighted by Gasteiger charge is 2.35. The van der Waals surface area contributed by atoms with Crippen molar-refractivity contribution < 1.29 is 18.8 Å². The summed E-state index contributed by atoms with van der Waals surface area (Å²) in [6.45, 7) is 4.31. The summed E-state index contributed by atoms with van der Waals surface area (Å²) in [7, 11) is 0. The summed E-state index contributed by atoms with van der Waals surface area (Å²) in [5.41, 5.74) is 0. The van der Waals surface area contributed by atoms with Crippen molar-refractivity contribution in [1.29, 1.82) is 0 Å². The van der Waals surface area contributed by atoms with Gasteiger partial charge in [-0.15, -0.1) is 0 Å². The van der Waals surface area contributed by atoms with Gasteiger partial charge in [-0.2, -0.15) is 0 Å². The molecule has 19 heavy (non-hydrogen) atoms. The number of aromatic nitrogens is 1. The lowest BCUT2D eigenvalue weighted by atomic mass is 10.2. The van der Waals surface area contributed by atoms with Crippen molar-refractivity contribution in [3.8, 4) is 0 Å². The first-order valence-electron chi connectivity index (χ1n) is 6.29. The van der Waals surface area contributed by atoms with Crippen molar-refractivity contribution >= 4 is 17.8 Å². The number of aryl methyl sites for hydroxylation is 1. The van der Waals surface area contributed by atoms with Crippen LogP contribution in [0.15, 0.2) is 10.6 Å². The molecule has 2 amide bonds. The zero-order valence-corrected chi connectivity index (χ0v) is 11.0. The van der Waals surface area contributed by atoms with Gasteiger partial charge in [-0.25, -0.2) is 4.79 Å². The molecular weight excluding hydrogens is 250 g/mol. The van der Waals surface area contributed by atoms with Crippen LogP contribution in [0, 0.1) is 6.92 Å². The Hall–Kier alpha value is -2.05. The van der Waals surface area contributed by atoms with E-state index >= 15 is 0 Å². The highest BCUT2D eigenvalue weighted by Crippen LogP contribution is 2.20. The first-order valence-corrected chi connectivity index (χ1v) is 6.29. The van der Waals surface area contributed by atoms with E-state index in [9.17, 15) is 9.59 Å². The van der Waals surface area contributed by atoms with Gasteiger partial charge in [0.2, 0.25) is 5.91 Å². The number of carbonyl (C=O) groups is 2. The molecule has 1 atom stereocenters. The van der Waals surface area contributed by atoms with Gasteiger partial charge >= 0.3 is 6.09 Å². The molecule has 7 nitrogen and oxygen atoms in total. The maximum Gasteiger partial charge on any atom is 0.410 e. The predicted molar refractivity (Wildman–Crippen MR) is 66.6 cm³/mol. The fraction of sp³-hybridized carbons (Fsp3) is 0.583. The standard InChI is InChI=1S/C12H17N3O4/c1-3-18-12(17)15-6-4-5-9(15)11(16)13-10-7-8(2)19-14-10/h7,9H,3-6H2,1-2H3,(H,13,14,16)/t9-/m0/s1. The highest BCUT2D eigenvalue weighted by molar-refractivity contribution is 5.96. The molecular formula is C12H17N3O4. The predicted octanol–water partition coefficient (Wildman–Crippen LogP) is 1.54. The number of carbonyl (C=O) groups excluding carboxylic acids is 2. The van der Waals surface area contributed by atoms with E-state index in [-0.39, 0.29) is 5.91 Å². The van der Waals surface area contributed by atoms with E-state index < -0.39 is 12.1 Å². The Balaban J connectivity index is 1.99. The van der Waals surface area contributed by atoms with Crippen molar-refractivity contribution in [2.75, 3.05) is 18.5 Å². The second kappa shape index (κ2) is 5.73. The third kappa shape index (κ3) is 3.04. The average Bonchev–Trinajstić information content (AvgIpc) is 2.98. The number of nitrogens with zero attached hydrogens (tertiary/aromatic N) is 2. The van der Waals surface area contributed by atoms with Gasteiger partial charge in [0.1, 0.15) is 11.8 Å². The zero-order chi connectivity index (χ0) is 13.8. The average molecular weight is 267 g/mol. The van der Waals surface area contributed by atoms with E-state index in [1.807, 2.05) is 0 Å². The minimum Gasteiger partial charge on any atom is -0.450 e. The molecule has 1 aromatic rings. The Kier molecular flexibility index (Phi) is 4.03. The van der Waals surface area contributed by atoms with E-state index in [4.69, 9.17) is 9.26 Å². The maximum absolute atomic E-state index is 12.1. The normalized spacial score (nSPS) is 18.4. The van der Waals surface area contributed by atoms with Gasteiger partial charge in [0.15, 0.2) is 5.82 Å². The van der Waals surface area contributed by atoms with Crippen LogP contribution in [0.25, 0.3) is 0 Å². The summed E-state index contributed by atoms with van der Waals surface area (Å²) in [6.07, 6.45) is 0.965. The molecule has 0 bridgehead atoms. The first kappa shape index (κ1) is 13.4. The molecule has 0 aromatic carbocycles. The van der Waals surface area contributed by atoms with E-state index in [0.29, 0.717) is 31.2 Å². The smallest absolute Gasteiger partial charge is 0.410 e. The third-order valence-electron chi connectivity index (χ3n) is 2.94. The topological polar surface area (TPSA) is 84.7 Å². The summed E-state index contributed by atoms with van der Waals surface area (Å²) < 4.78 is 9.80. The Morgan fingerprint density at radius 3 is 3.05 bits per heavy atom. The number of likely N-dealkylation sites (tertiary alicyclic amines) is 1. The molecule has 0 unspecified atom stereocenters. The summed E-state index contributed by atoms with van der Waals surface area (Å²) in [6, 6.07) is 1.12. The van der Waals surface area contributed by atoms with Gasteiger partial charge in [0, 0.05) is 12.6 Å². The molecule has 0 aliphatic carbocycles. The maximum atomic E-state index is 12.1. The van der Waals surface area contributed by atoms with Crippen LogP contribution < -0.4 is 5.32 Å². The van der Waals surface area contributed by atoms with Crippen LogP contribution in [0.4, 0.5) is 10.6 Å². The molecule has 2 rings (SSSR count). The number of nitrogens with one attached hydrogen (secondary N) is 1. The lowest BCUT2D eigenvalue weighted by molar-refractivity contribution is -0.120. The monoisotopic (exact) mass is 267 g/mol. The minimum atomic E-state index is -0.504. The fourth-order valence-corrected chi connectivity index (χ4v) is 2.10. The molecule has 1 N–H and O–H groups in total. The number of hydrogen-bond donors (Lipinski definition) is 1. The fourth-order valence-electron chi connectivity index (χ4n) is 2.10. The van der Waals surface area contributed by atoms with E-state index in [0.717, 1.165) is 6.42 Å². The Morgan fingerprint density at radius 1 is 1.63 bits per heavy atom. The van der Waals surface area contributed by atoms with Crippen molar-refractivity contribution in [3.63, 3.8) is 0 Å². The minimum absolute atomic E-state index is 0.265. The number of hydrogen-bond acceptors (Lipinski definition) is 5.